The molecule has 2 radical (unpaired) electrons. The first-order chi connectivity index (χ1) is 3.25. The van der Waals surface area contributed by atoms with Crippen molar-refractivity contribution in [2.45, 2.75) is 5.51 Å². The summed E-state index contributed by atoms with van der Waals surface area (Å²) in [5.41, 5.74) is -5.53. The molecular formula is CF3NO2S. The second kappa shape index (κ2) is 1.59. The predicted octanol–water partition coefficient (Wildman–Crippen LogP) is -0.0953. The van der Waals surface area contributed by atoms with Crippen LogP contribution in [0.4, 0.5) is 13.2 Å². The van der Waals surface area contributed by atoms with Crippen LogP contribution >= 0.6 is 0 Å². The summed E-state index contributed by atoms with van der Waals surface area (Å²) in [7, 11) is -5.84. The van der Waals surface area contributed by atoms with Gasteiger partial charge in [0.2, 0.25) is 0 Å². The van der Waals surface area contributed by atoms with Crippen molar-refractivity contribution in [1.29, 1.82) is 0 Å². The molecule has 0 aliphatic carbocycles. The average molecular weight is 147 g/mol. The van der Waals surface area contributed by atoms with E-state index in [-0.39, 0.29) is 0 Å². The van der Waals surface area contributed by atoms with Crippen LogP contribution in [0.25, 0.3) is 0 Å². The molecule has 0 aliphatic rings. The lowest BCUT2D eigenvalue weighted by Gasteiger charge is -1.96. The Kier molecular flexibility index (Phi) is 1.53. The number of alkyl halides is 3. The predicted molar refractivity (Wildman–Crippen MR) is 17.1 cm³/mol. The van der Waals surface area contributed by atoms with Gasteiger partial charge in [0.15, 0.2) is 0 Å². The van der Waals surface area contributed by atoms with Crippen LogP contribution < -0.4 is 5.14 Å². The summed E-state index contributed by atoms with van der Waals surface area (Å²) in [4.78, 5) is 0. The van der Waals surface area contributed by atoms with Crippen LogP contribution in [0.5, 0.6) is 0 Å². The fraction of sp³-hybridized carbons (Fsp3) is 1.00. The van der Waals surface area contributed by atoms with E-state index in [9.17, 15) is 13.2 Å². The molecular weight excluding hydrogens is 147 g/mol. The van der Waals surface area contributed by atoms with Gasteiger partial charge in [-0.1, -0.05) is 0 Å². The molecule has 0 saturated heterocycles. The quantitative estimate of drug-likeness (QED) is 0.480. The summed E-state index contributed by atoms with van der Waals surface area (Å²) in [5.74, 6) is 0. The lowest BCUT2D eigenvalue weighted by Crippen LogP contribution is -2.23. The van der Waals surface area contributed by atoms with Gasteiger partial charge in [0.25, 0.3) is 0 Å². The van der Waals surface area contributed by atoms with Crippen molar-refractivity contribution in [3.63, 3.8) is 0 Å². The minimum absolute atomic E-state index is 5.53. The van der Waals surface area contributed by atoms with Crippen LogP contribution in [0.15, 0.2) is 0 Å². The highest BCUT2D eigenvalue weighted by Crippen LogP contribution is 2.19. The standard InChI is InChI=1S/CF3NO2S/c2-1(3,4)8(5,6)7. The van der Waals surface area contributed by atoms with Gasteiger partial charge in [0.1, 0.15) is 0 Å². The molecule has 0 fully saturated rings. The van der Waals surface area contributed by atoms with Gasteiger partial charge in [-0.05, 0) is 0 Å². The van der Waals surface area contributed by atoms with E-state index in [4.69, 9.17) is 13.6 Å². The normalized spacial score (nSPS) is 14.0. The summed E-state index contributed by atoms with van der Waals surface area (Å²) >= 11 is 0. The van der Waals surface area contributed by atoms with E-state index in [1.807, 2.05) is 0 Å². The molecule has 7 heteroatoms. The second-order valence-electron chi connectivity index (χ2n) is 0.921. The Balaban J connectivity index is 4.53. The molecule has 0 unspecified atom stereocenters. The van der Waals surface area contributed by atoms with Crippen LogP contribution in [0.3, 0.4) is 0 Å². The van der Waals surface area contributed by atoms with E-state index in [1.165, 1.54) is 0 Å². The van der Waals surface area contributed by atoms with Gasteiger partial charge in [-0.15, -0.1) is 0 Å². The number of rotatable bonds is 0. The molecule has 0 atom stereocenters. The minimum atomic E-state index is -5.84. The van der Waals surface area contributed by atoms with Crippen molar-refractivity contribution in [3.8, 4) is 0 Å². The van der Waals surface area contributed by atoms with E-state index in [0.717, 1.165) is 0 Å². The van der Waals surface area contributed by atoms with Crippen LogP contribution in [-0.4, -0.2) is 13.9 Å². The maximum Gasteiger partial charge on any atom is 0.514 e. The third-order valence-corrected chi connectivity index (χ3v) is 0.877. The maximum absolute atomic E-state index is 10.7. The van der Waals surface area contributed by atoms with Gasteiger partial charge >= 0.3 is 15.5 Å². The monoisotopic (exact) mass is 147 g/mol. The van der Waals surface area contributed by atoms with Crippen LogP contribution in [0.1, 0.15) is 0 Å². The highest BCUT2D eigenvalue weighted by atomic mass is 32.2. The van der Waals surface area contributed by atoms with Crippen molar-refractivity contribution < 1.29 is 21.6 Å². The summed E-state index contributed by atoms with van der Waals surface area (Å²) in [6.45, 7) is 0. The zero-order chi connectivity index (χ0) is 7.00. The Hall–Kier alpha value is -0.300. The Morgan fingerprint density at radius 1 is 1.25 bits per heavy atom. The molecule has 3 nitrogen and oxygen atoms in total. The van der Waals surface area contributed by atoms with Crippen LogP contribution in [0, 0.1) is 0 Å². The first kappa shape index (κ1) is 7.70. The zero-order valence-electron chi connectivity index (χ0n) is 3.31. The van der Waals surface area contributed by atoms with Crippen LogP contribution in [-0.2, 0) is 10.0 Å². The highest BCUT2D eigenvalue weighted by molar-refractivity contribution is 7.89. The molecule has 0 N–H and O–H groups in total. The molecule has 0 spiro atoms. The van der Waals surface area contributed by atoms with E-state index in [1.54, 1.807) is 0 Å². The van der Waals surface area contributed by atoms with Gasteiger partial charge in [-0.2, -0.15) is 21.6 Å². The van der Waals surface area contributed by atoms with Crippen molar-refractivity contribution in [2.24, 2.45) is 0 Å². The molecule has 0 bridgehead atoms. The molecule has 48 valence electrons. The highest BCUT2D eigenvalue weighted by Gasteiger charge is 2.44. The maximum atomic E-state index is 10.7. The number of hydrogen-bond donors (Lipinski definition) is 0. The number of nitrogens with zero attached hydrogens (tertiary/aromatic N) is 1. The summed E-state index contributed by atoms with van der Waals surface area (Å²) < 4.78 is 50.3. The molecule has 0 aromatic carbocycles. The van der Waals surface area contributed by atoms with E-state index in [2.05, 4.69) is 0 Å². The summed E-state index contributed by atoms with van der Waals surface area (Å²) in [6, 6.07) is 0. The van der Waals surface area contributed by atoms with Gasteiger partial charge < -0.3 is 0 Å². The zero-order valence-corrected chi connectivity index (χ0v) is 4.12. The van der Waals surface area contributed by atoms with Gasteiger partial charge in [-0.25, -0.2) is 0 Å². The van der Waals surface area contributed by atoms with Crippen molar-refractivity contribution >= 4 is 10.0 Å². The summed E-state index contributed by atoms with van der Waals surface area (Å²) in [5, 5.41) is 7.20. The van der Waals surface area contributed by atoms with Crippen molar-refractivity contribution in [2.75, 3.05) is 0 Å². The molecule has 8 heavy (non-hydrogen) atoms. The second-order valence-corrected chi connectivity index (χ2v) is 2.33. The van der Waals surface area contributed by atoms with Gasteiger partial charge in [0.05, 0.1) is 0 Å². The van der Waals surface area contributed by atoms with E-state index < -0.39 is 15.5 Å². The minimum Gasteiger partial charge on any atom is -0.200 e. The molecule has 0 rings (SSSR count). The smallest absolute Gasteiger partial charge is 0.200 e. The Morgan fingerprint density at radius 3 is 1.38 bits per heavy atom. The molecule has 0 aromatic heterocycles. The summed E-state index contributed by atoms with van der Waals surface area (Å²) in [6.07, 6.45) is 0. The van der Waals surface area contributed by atoms with Crippen molar-refractivity contribution in [3.05, 3.63) is 0 Å². The van der Waals surface area contributed by atoms with Crippen LogP contribution in [0.2, 0.25) is 0 Å². The third-order valence-electron chi connectivity index (χ3n) is 0.292. The number of halogens is 3. The van der Waals surface area contributed by atoms with Gasteiger partial charge in [0, 0.05) is 5.14 Å². The SMILES string of the molecule is [N]S(=O)(=O)C(F)(F)F. The first-order valence-corrected chi connectivity index (χ1v) is 2.73. The molecule has 0 aliphatic heterocycles. The fourth-order valence-electron chi connectivity index (χ4n) is 0. The fourth-order valence-corrected chi connectivity index (χ4v) is 0. The third kappa shape index (κ3) is 1.66. The lowest BCUT2D eigenvalue weighted by atomic mass is 11.6. The van der Waals surface area contributed by atoms with Gasteiger partial charge in [-0.3, -0.25) is 0 Å². The topological polar surface area (TPSA) is 56.4 Å². The lowest BCUT2D eigenvalue weighted by molar-refractivity contribution is -0.0438. The Bertz CT molecular complexity index is 166. The number of sulfonamides is 1. The molecule has 0 aromatic rings. The first-order valence-electron chi connectivity index (χ1n) is 1.29. The number of hydrogen-bond acceptors (Lipinski definition) is 2. The molecule has 0 heterocycles. The van der Waals surface area contributed by atoms with Crippen molar-refractivity contribution in [1.82, 2.24) is 5.14 Å². The molecule has 0 saturated carbocycles. The largest absolute Gasteiger partial charge is 0.514 e. The Morgan fingerprint density at radius 2 is 1.38 bits per heavy atom. The molecule has 0 amide bonds. The van der Waals surface area contributed by atoms with E-state index >= 15 is 0 Å². The van der Waals surface area contributed by atoms with E-state index in [0.29, 0.717) is 0 Å². The Labute approximate surface area is 43.3 Å². The average Bonchev–Trinajstić information content (AvgIpc) is 1.25.